The lowest BCUT2D eigenvalue weighted by Gasteiger charge is -2.37. The zero-order valence-electron chi connectivity index (χ0n) is 13.0. The molecular weight excluding hydrogens is 256 g/mol. The minimum Gasteiger partial charge on any atom is -0.394 e. The predicted octanol–water partition coefficient (Wildman–Crippen LogP) is 1.71. The first kappa shape index (κ1) is 19.8. The molecule has 0 heterocycles. The zero-order valence-corrected chi connectivity index (χ0v) is 13.0. The summed E-state index contributed by atoms with van der Waals surface area (Å²) in [7, 11) is 0. The van der Waals surface area contributed by atoms with E-state index < -0.39 is 12.2 Å². The van der Waals surface area contributed by atoms with Crippen molar-refractivity contribution in [3.63, 3.8) is 0 Å². The van der Waals surface area contributed by atoms with Gasteiger partial charge in [-0.15, -0.1) is 0 Å². The fourth-order valence-electron chi connectivity index (χ4n) is 2.98. The number of aliphatic hydroxyl groups is 4. The molecule has 0 rings (SSSR count). The fourth-order valence-corrected chi connectivity index (χ4v) is 2.98. The lowest BCUT2D eigenvalue weighted by atomic mass is 9.71. The van der Waals surface area contributed by atoms with Crippen LogP contribution in [-0.4, -0.2) is 45.8 Å². The minimum absolute atomic E-state index is 0.135. The smallest absolute Gasteiger partial charge is 0.0804 e. The second kappa shape index (κ2) is 11.5. The standard InChI is InChI=1S/C16H32O4/c1-4-7-12(13(8-5-2)15(19)10-17)14(9-6-3)16(20)11-18/h13-20H,1,4-11H2,2-3H3. The molecule has 120 valence electrons. The largest absolute Gasteiger partial charge is 0.394 e. The average molecular weight is 288 g/mol. The molecular formula is C16H32O4. The topological polar surface area (TPSA) is 80.9 Å². The Kier molecular flexibility index (Phi) is 11.4. The highest BCUT2D eigenvalue weighted by molar-refractivity contribution is 5.06. The predicted molar refractivity (Wildman–Crippen MR) is 80.8 cm³/mol. The highest BCUT2D eigenvalue weighted by atomic mass is 16.3. The Labute approximate surface area is 123 Å². The van der Waals surface area contributed by atoms with Crippen LogP contribution in [0.25, 0.3) is 0 Å². The lowest BCUT2D eigenvalue weighted by Crippen LogP contribution is -2.39. The summed E-state index contributed by atoms with van der Waals surface area (Å²) >= 11 is 0. The van der Waals surface area contributed by atoms with Gasteiger partial charge in [0.05, 0.1) is 25.4 Å². The minimum atomic E-state index is -0.804. The summed E-state index contributed by atoms with van der Waals surface area (Å²) in [5.41, 5.74) is 0. The Hall–Kier alpha value is -0.160. The van der Waals surface area contributed by atoms with Crippen molar-refractivity contribution in [2.45, 2.75) is 64.6 Å². The summed E-state index contributed by atoms with van der Waals surface area (Å²) in [6, 6.07) is 0. The van der Waals surface area contributed by atoms with Crippen LogP contribution >= 0.6 is 0 Å². The van der Waals surface area contributed by atoms with E-state index in [2.05, 4.69) is 6.92 Å². The van der Waals surface area contributed by atoms with Gasteiger partial charge in [-0.2, -0.15) is 0 Å². The van der Waals surface area contributed by atoms with Gasteiger partial charge in [0.1, 0.15) is 0 Å². The van der Waals surface area contributed by atoms with Crippen LogP contribution in [0, 0.1) is 24.7 Å². The van der Waals surface area contributed by atoms with Gasteiger partial charge in [-0.25, -0.2) is 0 Å². The summed E-state index contributed by atoms with van der Waals surface area (Å²) in [6.07, 6.45) is 3.14. The van der Waals surface area contributed by atoms with E-state index in [-0.39, 0.29) is 25.0 Å². The first-order valence-corrected chi connectivity index (χ1v) is 7.79. The highest BCUT2D eigenvalue weighted by Crippen LogP contribution is 2.38. The van der Waals surface area contributed by atoms with Crippen LogP contribution in [0.5, 0.6) is 0 Å². The molecule has 0 aliphatic heterocycles. The molecule has 0 saturated heterocycles. The molecule has 0 bridgehead atoms. The molecule has 2 radical (unpaired) electrons. The third-order valence-corrected chi connectivity index (χ3v) is 3.92. The summed E-state index contributed by atoms with van der Waals surface area (Å²) < 4.78 is 0. The van der Waals surface area contributed by atoms with Crippen molar-refractivity contribution in [3.05, 3.63) is 12.8 Å². The van der Waals surface area contributed by atoms with E-state index >= 15 is 0 Å². The average Bonchev–Trinajstić information content (AvgIpc) is 2.47. The van der Waals surface area contributed by atoms with Crippen molar-refractivity contribution >= 4 is 0 Å². The van der Waals surface area contributed by atoms with Gasteiger partial charge in [0, 0.05) is 0 Å². The van der Waals surface area contributed by atoms with Crippen LogP contribution in [0.1, 0.15) is 52.4 Å². The number of rotatable bonds is 12. The van der Waals surface area contributed by atoms with Crippen LogP contribution in [-0.2, 0) is 0 Å². The Bertz CT molecular complexity index is 203. The van der Waals surface area contributed by atoms with E-state index in [1.807, 2.05) is 13.8 Å². The third-order valence-electron chi connectivity index (χ3n) is 3.92. The molecule has 0 aromatic rings. The zero-order chi connectivity index (χ0) is 15.5. The van der Waals surface area contributed by atoms with Crippen LogP contribution in [0.15, 0.2) is 0 Å². The lowest BCUT2D eigenvalue weighted by molar-refractivity contribution is 0.0102. The normalized spacial score (nSPS) is 18.0. The molecule has 0 aliphatic rings. The fraction of sp³-hybridized carbons (Fsp3) is 0.875. The maximum atomic E-state index is 10.1. The Morgan fingerprint density at radius 1 is 0.900 bits per heavy atom. The van der Waals surface area contributed by atoms with E-state index in [1.165, 1.54) is 0 Å². The Balaban J connectivity index is 5.17. The van der Waals surface area contributed by atoms with Crippen molar-refractivity contribution in [2.24, 2.45) is 11.8 Å². The number of hydrogen-bond donors (Lipinski definition) is 4. The maximum absolute atomic E-state index is 10.1. The van der Waals surface area contributed by atoms with Crippen LogP contribution in [0.4, 0.5) is 0 Å². The molecule has 4 N–H and O–H groups in total. The van der Waals surface area contributed by atoms with Crippen molar-refractivity contribution in [1.82, 2.24) is 0 Å². The second-order valence-corrected chi connectivity index (χ2v) is 5.47. The van der Waals surface area contributed by atoms with E-state index in [4.69, 9.17) is 0 Å². The summed E-state index contributed by atoms with van der Waals surface area (Å²) in [5, 5.41) is 38.7. The van der Waals surface area contributed by atoms with E-state index in [0.29, 0.717) is 12.8 Å². The first-order chi connectivity index (χ1) is 9.56. The van der Waals surface area contributed by atoms with Gasteiger partial charge in [-0.1, -0.05) is 40.0 Å². The third kappa shape index (κ3) is 6.08. The summed E-state index contributed by atoms with van der Waals surface area (Å²) in [4.78, 5) is 0. The first-order valence-electron chi connectivity index (χ1n) is 7.79. The number of aliphatic hydroxyl groups excluding tert-OH is 4. The molecule has 0 spiro atoms. The molecule has 0 aliphatic carbocycles. The monoisotopic (exact) mass is 288 g/mol. The molecule has 4 unspecified atom stereocenters. The van der Waals surface area contributed by atoms with Gasteiger partial charge >= 0.3 is 0 Å². The van der Waals surface area contributed by atoms with Crippen molar-refractivity contribution in [2.75, 3.05) is 13.2 Å². The van der Waals surface area contributed by atoms with E-state index in [1.54, 1.807) is 0 Å². The Morgan fingerprint density at radius 3 is 1.55 bits per heavy atom. The molecule has 0 amide bonds. The summed E-state index contributed by atoms with van der Waals surface area (Å²) in [6.45, 7) is 7.39. The van der Waals surface area contributed by atoms with Crippen molar-refractivity contribution < 1.29 is 20.4 Å². The van der Waals surface area contributed by atoms with Crippen LogP contribution in [0.3, 0.4) is 0 Å². The molecule has 4 heteroatoms. The molecule has 0 fully saturated rings. The van der Waals surface area contributed by atoms with Gasteiger partial charge in [-0.05, 0) is 37.0 Å². The molecule has 4 atom stereocenters. The molecule has 0 saturated carbocycles. The quantitative estimate of drug-likeness (QED) is 0.441. The second-order valence-electron chi connectivity index (χ2n) is 5.47. The van der Waals surface area contributed by atoms with E-state index in [9.17, 15) is 20.4 Å². The van der Waals surface area contributed by atoms with Crippen molar-refractivity contribution in [1.29, 1.82) is 0 Å². The van der Waals surface area contributed by atoms with Gasteiger partial charge in [0.2, 0.25) is 0 Å². The maximum Gasteiger partial charge on any atom is 0.0804 e. The highest BCUT2D eigenvalue weighted by Gasteiger charge is 2.35. The van der Waals surface area contributed by atoms with Gasteiger partial charge < -0.3 is 20.4 Å². The van der Waals surface area contributed by atoms with Crippen molar-refractivity contribution in [3.8, 4) is 0 Å². The Morgan fingerprint density at radius 2 is 1.30 bits per heavy atom. The molecule has 20 heavy (non-hydrogen) atoms. The van der Waals surface area contributed by atoms with Gasteiger partial charge in [0.25, 0.3) is 0 Å². The van der Waals surface area contributed by atoms with Crippen LogP contribution in [0.2, 0.25) is 0 Å². The van der Waals surface area contributed by atoms with Gasteiger partial charge in [-0.3, -0.25) is 0 Å². The van der Waals surface area contributed by atoms with Gasteiger partial charge in [0.15, 0.2) is 0 Å². The molecule has 0 aromatic carbocycles. The van der Waals surface area contributed by atoms with E-state index in [0.717, 1.165) is 31.6 Å². The SMILES string of the molecule is [CH2]CC[C](C(CCC)C(O)CO)C(CCC)C(O)CO. The molecule has 4 nitrogen and oxygen atoms in total. The van der Waals surface area contributed by atoms with Crippen LogP contribution < -0.4 is 0 Å². The summed E-state index contributed by atoms with van der Waals surface area (Å²) in [5.74, 6) is 0.779. The number of hydrogen-bond acceptors (Lipinski definition) is 4. The molecule has 0 aromatic heterocycles.